The van der Waals surface area contributed by atoms with E-state index >= 15 is 0 Å². The molecule has 0 spiro atoms. The highest BCUT2D eigenvalue weighted by molar-refractivity contribution is 5.84. The van der Waals surface area contributed by atoms with Gasteiger partial charge in [-0.1, -0.05) is 5.16 Å². The molecular weight excluding hydrogens is 330 g/mol. The maximum atomic E-state index is 13.1. The number of amides is 1. The van der Waals surface area contributed by atoms with Crippen molar-refractivity contribution in [2.45, 2.75) is 45.6 Å². The van der Waals surface area contributed by atoms with Gasteiger partial charge in [-0.15, -0.1) is 0 Å². The van der Waals surface area contributed by atoms with E-state index < -0.39 is 0 Å². The van der Waals surface area contributed by atoms with E-state index in [0.29, 0.717) is 0 Å². The molecule has 2 aliphatic rings. The molecule has 3 heterocycles. The summed E-state index contributed by atoms with van der Waals surface area (Å²) in [6.07, 6.45) is 5.01. The number of hydrogen-bond acceptors (Lipinski definition) is 5. The van der Waals surface area contributed by atoms with Crippen molar-refractivity contribution in [1.82, 2.24) is 24.7 Å². The molecule has 1 saturated heterocycles. The highest BCUT2D eigenvalue weighted by Crippen LogP contribution is 2.32. The zero-order valence-electron chi connectivity index (χ0n) is 15.9. The lowest BCUT2D eigenvalue weighted by molar-refractivity contribution is -0.135. The number of hydrogen-bond donors (Lipinski definition) is 0. The third kappa shape index (κ3) is 3.16. The van der Waals surface area contributed by atoms with E-state index in [-0.39, 0.29) is 11.8 Å². The van der Waals surface area contributed by atoms with Gasteiger partial charge in [-0.05, 0) is 33.1 Å². The zero-order valence-corrected chi connectivity index (χ0v) is 15.9. The molecule has 1 aliphatic heterocycles. The van der Waals surface area contributed by atoms with Crippen molar-refractivity contribution in [1.29, 1.82) is 0 Å². The van der Waals surface area contributed by atoms with Crippen LogP contribution in [0, 0.1) is 13.8 Å². The van der Waals surface area contributed by atoms with E-state index in [2.05, 4.69) is 15.2 Å². The topological polar surface area (TPSA) is 67.4 Å². The van der Waals surface area contributed by atoms with Crippen LogP contribution < -0.4 is 0 Å². The van der Waals surface area contributed by atoms with Crippen LogP contribution in [0.15, 0.2) is 10.7 Å². The van der Waals surface area contributed by atoms with Gasteiger partial charge in [0, 0.05) is 57.1 Å². The molecule has 0 radical (unpaired) electrons. The standard InChI is InChI=1S/C19H27N5O2/c1-13-16(14(2)26-21-13)12-23-7-9-24(10-8-23)19(25)15-5-4-6-18-17(15)11-22(3)20-18/h11,15H,4-10,12H2,1-3H3. The zero-order chi connectivity index (χ0) is 18.3. The molecule has 7 nitrogen and oxygen atoms in total. The second-order valence-electron chi connectivity index (χ2n) is 7.55. The lowest BCUT2D eigenvalue weighted by atomic mass is 9.86. The van der Waals surface area contributed by atoms with Crippen LogP contribution in [0.25, 0.3) is 0 Å². The molecule has 1 amide bonds. The van der Waals surface area contributed by atoms with Crippen LogP contribution in [0.2, 0.25) is 0 Å². The van der Waals surface area contributed by atoms with Crippen LogP contribution in [0.5, 0.6) is 0 Å². The van der Waals surface area contributed by atoms with Crippen molar-refractivity contribution in [3.63, 3.8) is 0 Å². The molecule has 0 saturated carbocycles. The number of rotatable bonds is 3. The van der Waals surface area contributed by atoms with Crippen molar-refractivity contribution in [3.8, 4) is 0 Å². The Balaban J connectivity index is 1.38. The quantitative estimate of drug-likeness (QED) is 0.838. The molecular formula is C19H27N5O2. The Labute approximate surface area is 153 Å². The maximum Gasteiger partial charge on any atom is 0.230 e. The van der Waals surface area contributed by atoms with Gasteiger partial charge in [0.05, 0.1) is 17.3 Å². The molecule has 140 valence electrons. The number of nitrogens with zero attached hydrogens (tertiary/aromatic N) is 5. The van der Waals surface area contributed by atoms with Crippen molar-refractivity contribution in [3.05, 3.63) is 34.5 Å². The fraction of sp³-hybridized carbons (Fsp3) is 0.632. The van der Waals surface area contributed by atoms with Crippen LogP contribution in [0.1, 0.15) is 47.0 Å². The molecule has 26 heavy (non-hydrogen) atoms. The van der Waals surface area contributed by atoms with Crippen LogP contribution in [0.3, 0.4) is 0 Å². The van der Waals surface area contributed by atoms with E-state index in [4.69, 9.17) is 4.52 Å². The molecule has 2 aromatic heterocycles. The Kier molecular flexibility index (Phi) is 4.56. The first kappa shape index (κ1) is 17.3. The van der Waals surface area contributed by atoms with Gasteiger partial charge in [0.15, 0.2) is 0 Å². The Hall–Kier alpha value is -2.15. The summed E-state index contributed by atoms with van der Waals surface area (Å²) in [4.78, 5) is 17.5. The molecule has 0 bridgehead atoms. The van der Waals surface area contributed by atoms with Crippen molar-refractivity contribution < 1.29 is 9.32 Å². The van der Waals surface area contributed by atoms with E-state index in [0.717, 1.165) is 74.7 Å². The number of fused-ring (bicyclic) bond motifs is 1. The second-order valence-corrected chi connectivity index (χ2v) is 7.55. The Bertz CT molecular complexity index is 781. The van der Waals surface area contributed by atoms with Crippen molar-refractivity contribution in [2.24, 2.45) is 7.05 Å². The van der Waals surface area contributed by atoms with Crippen LogP contribution in [-0.4, -0.2) is 56.8 Å². The molecule has 1 unspecified atom stereocenters. The second kappa shape index (κ2) is 6.87. The van der Waals surface area contributed by atoms with Gasteiger partial charge in [0.25, 0.3) is 0 Å². The molecule has 1 fully saturated rings. The third-order valence-electron chi connectivity index (χ3n) is 5.76. The average molecular weight is 357 g/mol. The Morgan fingerprint density at radius 2 is 2.04 bits per heavy atom. The number of aromatic nitrogens is 3. The van der Waals surface area contributed by atoms with Gasteiger partial charge in [0.2, 0.25) is 5.91 Å². The SMILES string of the molecule is Cc1noc(C)c1CN1CCN(C(=O)C2CCCc3nn(C)cc32)CC1. The van der Waals surface area contributed by atoms with Gasteiger partial charge >= 0.3 is 0 Å². The predicted octanol–water partition coefficient (Wildman–Crippen LogP) is 1.79. The van der Waals surface area contributed by atoms with Crippen LogP contribution in [0.4, 0.5) is 0 Å². The first-order valence-electron chi connectivity index (χ1n) is 9.48. The number of aryl methyl sites for hydroxylation is 4. The van der Waals surface area contributed by atoms with Crippen LogP contribution in [-0.2, 0) is 24.8 Å². The smallest absolute Gasteiger partial charge is 0.230 e. The minimum Gasteiger partial charge on any atom is -0.361 e. The molecule has 7 heteroatoms. The highest BCUT2D eigenvalue weighted by Gasteiger charge is 2.33. The lowest BCUT2D eigenvalue weighted by Gasteiger charge is -2.37. The van der Waals surface area contributed by atoms with E-state index in [1.807, 2.05) is 36.7 Å². The highest BCUT2D eigenvalue weighted by atomic mass is 16.5. The van der Waals surface area contributed by atoms with E-state index in [9.17, 15) is 4.79 Å². The summed E-state index contributed by atoms with van der Waals surface area (Å²) in [6, 6.07) is 0. The molecule has 4 rings (SSSR count). The molecule has 1 atom stereocenters. The first-order chi connectivity index (χ1) is 12.5. The van der Waals surface area contributed by atoms with E-state index in [1.165, 1.54) is 5.56 Å². The lowest BCUT2D eigenvalue weighted by Crippen LogP contribution is -2.49. The number of carbonyl (C=O) groups excluding carboxylic acids is 1. The van der Waals surface area contributed by atoms with Crippen LogP contribution >= 0.6 is 0 Å². The summed E-state index contributed by atoms with van der Waals surface area (Å²) < 4.78 is 7.11. The molecule has 1 aliphatic carbocycles. The number of carbonyl (C=O) groups is 1. The van der Waals surface area contributed by atoms with Gasteiger partial charge in [0.1, 0.15) is 5.76 Å². The predicted molar refractivity (Wildman–Crippen MR) is 96.7 cm³/mol. The van der Waals surface area contributed by atoms with Crippen molar-refractivity contribution >= 4 is 5.91 Å². The molecule has 2 aromatic rings. The minimum absolute atomic E-state index is 0.0124. The van der Waals surface area contributed by atoms with Crippen molar-refractivity contribution in [2.75, 3.05) is 26.2 Å². The van der Waals surface area contributed by atoms with Gasteiger partial charge in [-0.3, -0.25) is 14.4 Å². The fourth-order valence-electron chi connectivity index (χ4n) is 4.22. The Morgan fingerprint density at radius 1 is 1.27 bits per heavy atom. The Morgan fingerprint density at radius 3 is 2.73 bits per heavy atom. The summed E-state index contributed by atoms with van der Waals surface area (Å²) in [5.74, 6) is 1.16. The minimum atomic E-state index is -0.0124. The number of piperazine rings is 1. The largest absolute Gasteiger partial charge is 0.361 e. The summed E-state index contributed by atoms with van der Waals surface area (Å²) in [5.41, 5.74) is 4.39. The summed E-state index contributed by atoms with van der Waals surface area (Å²) >= 11 is 0. The van der Waals surface area contributed by atoms with Gasteiger partial charge < -0.3 is 9.42 Å². The summed E-state index contributed by atoms with van der Waals surface area (Å²) in [6.45, 7) is 8.15. The fourth-order valence-corrected chi connectivity index (χ4v) is 4.22. The van der Waals surface area contributed by atoms with E-state index in [1.54, 1.807) is 0 Å². The van der Waals surface area contributed by atoms with Gasteiger partial charge in [-0.2, -0.15) is 5.10 Å². The van der Waals surface area contributed by atoms with Gasteiger partial charge in [-0.25, -0.2) is 0 Å². The molecule has 0 N–H and O–H groups in total. The summed E-state index contributed by atoms with van der Waals surface area (Å²) in [5, 5.41) is 8.56. The average Bonchev–Trinajstić information content (AvgIpc) is 3.17. The molecule has 0 aromatic carbocycles. The normalized spacial score (nSPS) is 21.0. The maximum absolute atomic E-state index is 13.1. The summed E-state index contributed by atoms with van der Waals surface area (Å²) in [7, 11) is 1.94. The monoisotopic (exact) mass is 357 g/mol. The first-order valence-corrected chi connectivity index (χ1v) is 9.48. The third-order valence-corrected chi connectivity index (χ3v) is 5.76.